The molecule has 1 saturated heterocycles. The smallest absolute Gasteiger partial charge is 0.326 e. The lowest BCUT2D eigenvalue weighted by molar-refractivity contribution is -0.141. The number of aliphatic carboxylic acids is 1. The third-order valence-electron chi connectivity index (χ3n) is 4.11. The van der Waals surface area contributed by atoms with Crippen LogP contribution in [0.5, 0.6) is 0 Å². The summed E-state index contributed by atoms with van der Waals surface area (Å²) in [5.41, 5.74) is 0. The second-order valence-electron chi connectivity index (χ2n) is 5.66. The Morgan fingerprint density at radius 1 is 1.10 bits per heavy atom. The number of hydrogen-bond acceptors (Lipinski definition) is 4. The second-order valence-corrected chi connectivity index (χ2v) is 5.66. The molecule has 4 N–H and O–H groups in total. The molecule has 2 rings (SSSR count). The summed E-state index contributed by atoms with van der Waals surface area (Å²) in [5.74, 6) is -1.11. The number of β-amino-alcohol motifs (C(OH)–C–C–N with tert-alkyl or cyclic N) is 1. The van der Waals surface area contributed by atoms with Gasteiger partial charge < -0.3 is 25.5 Å². The Hall–Kier alpha value is -1.34. The van der Waals surface area contributed by atoms with Crippen LogP contribution in [-0.4, -0.2) is 63.1 Å². The molecule has 1 aliphatic heterocycles. The minimum atomic E-state index is -1.11. The Kier molecular flexibility index (Phi) is 4.82. The average molecular weight is 286 g/mol. The quantitative estimate of drug-likeness (QED) is 0.530. The van der Waals surface area contributed by atoms with Gasteiger partial charge >= 0.3 is 12.0 Å². The summed E-state index contributed by atoms with van der Waals surface area (Å²) >= 11 is 0. The van der Waals surface area contributed by atoms with E-state index in [9.17, 15) is 19.8 Å². The molecule has 0 aromatic carbocycles. The first-order valence-corrected chi connectivity index (χ1v) is 7.15. The molecule has 1 saturated carbocycles. The Morgan fingerprint density at radius 2 is 1.80 bits per heavy atom. The van der Waals surface area contributed by atoms with Gasteiger partial charge in [0.25, 0.3) is 0 Å². The molecule has 2 unspecified atom stereocenters. The van der Waals surface area contributed by atoms with Crippen molar-refractivity contribution in [1.29, 1.82) is 0 Å². The number of hydrogen-bond donors (Lipinski definition) is 4. The van der Waals surface area contributed by atoms with E-state index in [4.69, 9.17) is 5.11 Å². The Bertz CT molecular complexity index is 376. The highest BCUT2D eigenvalue weighted by atomic mass is 16.4. The molecule has 2 aliphatic rings. The molecular weight excluding hydrogens is 264 g/mol. The molecule has 2 fully saturated rings. The SMILES string of the molecule is O=C(O)[C@@H]1C[C@@H](O)CN1C(=O)NC1CCCCCC1O. The van der Waals surface area contributed by atoms with Crippen LogP contribution >= 0.6 is 0 Å². The first-order valence-electron chi connectivity index (χ1n) is 7.15. The van der Waals surface area contributed by atoms with Gasteiger partial charge in [0.15, 0.2) is 0 Å². The number of likely N-dealkylation sites (tertiary alicyclic amines) is 1. The van der Waals surface area contributed by atoms with Crippen molar-refractivity contribution >= 4 is 12.0 Å². The predicted molar refractivity (Wildman–Crippen MR) is 70.2 cm³/mol. The summed E-state index contributed by atoms with van der Waals surface area (Å²) in [5, 5.41) is 31.3. The van der Waals surface area contributed by atoms with Crippen LogP contribution < -0.4 is 5.32 Å². The molecular formula is C13H22N2O5. The first-order chi connectivity index (χ1) is 9.49. The fourth-order valence-corrected chi connectivity index (χ4v) is 2.97. The van der Waals surface area contributed by atoms with Gasteiger partial charge in [-0.15, -0.1) is 0 Å². The number of carbonyl (C=O) groups excluding carboxylic acids is 1. The van der Waals surface area contributed by atoms with Gasteiger partial charge in [-0.25, -0.2) is 9.59 Å². The van der Waals surface area contributed by atoms with Crippen LogP contribution in [0.1, 0.15) is 38.5 Å². The summed E-state index contributed by atoms with van der Waals surface area (Å²) in [6, 6.07) is -1.84. The average Bonchev–Trinajstić information content (AvgIpc) is 2.68. The van der Waals surface area contributed by atoms with Crippen molar-refractivity contribution in [2.45, 2.75) is 62.8 Å². The lowest BCUT2D eigenvalue weighted by Gasteiger charge is -2.27. The summed E-state index contributed by atoms with van der Waals surface area (Å²) < 4.78 is 0. The Labute approximate surface area is 117 Å². The van der Waals surface area contributed by atoms with Crippen LogP contribution in [-0.2, 0) is 4.79 Å². The van der Waals surface area contributed by atoms with E-state index in [2.05, 4.69) is 5.32 Å². The number of amides is 2. The van der Waals surface area contributed by atoms with Crippen molar-refractivity contribution in [3.05, 3.63) is 0 Å². The third kappa shape index (κ3) is 3.40. The van der Waals surface area contributed by atoms with E-state index in [1.54, 1.807) is 0 Å². The van der Waals surface area contributed by atoms with Crippen molar-refractivity contribution in [3.63, 3.8) is 0 Å². The molecule has 0 spiro atoms. The molecule has 1 aliphatic carbocycles. The molecule has 0 aromatic heterocycles. The van der Waals surface area contributed by atoms with Crippen molar-refractivity contribution in [1.82, 2.24) is 10.2 Å². The number of aliphatic hydroxyl groups is 2. The number of carboxylic acid groups (broad SMARTS) is 1. The predicted octanol–water partition coefficient (Wildman–Crippen LogP) is -0.0906. The third-order valence-corrected chi connectivity index (χ3v) is 4.11. The molecule has 1 heterocycles. The maximum atomic E-state index is 12.2. The fraction of sp³-hybridized carbons (Fsp3) is 0.846. The molecule has 2 amide bonds. The number of carbonyl (C=O) groups is 2. The standard InChI is InChI=1S/C13H22N2O5/c16-8-6-10(12(18)19)15(7-8)13(20)14-9-4-2-1-3-5-11(9)17/h8-11,16-17H,1-7H2,(H,14,20)(H,18,19)/t8-,9?,10+,11?/m1/s1. The summed E-state index contributed by atoms with van der Waals surface area (Å²) in [7, 11) is 0. The van der Waals surface area contributed by atoms with E-state index in [0.717, 1.165) is 24.2 Å². The van der Waals surface area contributed by atoms with Gasteiger partial charge in [0.1, 0.15) is 6.04 Å². The summed E-state index contributed by atoms with van der Waals surface area (Å²) in [6.45, 7) is 0.0195. The van der Waals surface area contributed by atoms with Gasteiger partial charge in [0.2, 0.25) is 0 Å². The van der Waals surface area contributed by atoms with E-state index in [1.165, 1.54) is 0 Å². The zero-order valence-electron chi connectivity index (χ0n) is 11.4. The van der Waals surface area contributed by atoms with Crippen molar-refractivity contribution < 1.29 is 24.9 Å². The van der Waals surface area contributed by atoms with Crippen LogP contribution in [0, 0.1) is 0 Å². The van der Waals surface area contributed by atoms with Crippen LogP contribution in [0.25, 0.3) is 0 Å². The van der Waals surface area contributed by atoms with E-state index in [0.29, 0.717) is 12.8 Å². The van der Waals surface area contributed by atoms with Crippen LogP contribution in [0.2, 0.25) is 0 Å². The van der Waals surface area contributed by atoms with Gasteiger partial charge in [-0.2, -0.15) is 0 Å². The Morgan fingerprint density at radius 3 is 2.50 bits per heavy atom. The molecule has 114 valence electrons. The maximum absolute atomic E-state index is 12.2. The van der Waals surface area contributed by atoms with Crippen LogP contribution in [0.15, 0.2) is 0 Å². The number of nitrogens with one attached hydrogen (secondary N) is 1. The molecule has 7 nitrogen and oxygen atoms in total. The second kappa shape index (κ2) is 6.41. The molecule has 0 bridgehead atoms. The van der Waals surface area contributed by atoms with E-state index >= 15 is 0 Å². The van der Waals surface area contributed by atoms with Crippen LogP contribution in [0.3, 0.4) is 0 Å². The summed E-state index contributed by atoms with van der Waals surface area (Å²) in [4.78, 5) is 24.4. The molecule has 20 heavy (non-hydrogen) atoms. The number of carboxylic acids is 1. The minimum absolute atomic E-state index is 0.0195. The van der Waals surface area contributed by atoms with Crippen molar-refractivity contribution in [2.24, 2.45) is 0 Å². The van der Waals surface area contributed by atoms with E-state index in [1.807, 2.05) is 0 Å². The molecule has 7 heteroatoms. The van der Waals surface area contributed by atoms with Gasteiger partial charge in [-0.1, -0.05) is 19.3 Å². The van der Waals surface area contributed by atoms with E-state index in [-0.39, 0.29) is 19.0 Å². The van der Waals surface area contributed by atoms with Crippen molar-refractivity contribution in [2.75, 3.05) is 6.54 Å². The number of nitrogens with zero attached hydrogens (tertiary/aromatic N) is 1. The van der Waals surface area contributed by atoms with Gasteiger partial charge in [-0.3, -0.25) is 0 Å². The van der Waals surface area contributed by atoms with Gasteiger partial charge in [-0.05, 0) is 12.8 Å². The normalized spacial score (nSPS) is 34.6. The Balaban J connectivity index is 1.97. The monoisotopic (exact) mass is 286 g/mol. The molecule has 0 radical (unpaired) electrons. The van der Waals surface area contributed by atoms with Crippen LogP contribution in [0.4, 0.5) is 4.79 Å². The summed E-state index contributed by atoms with van der Waals surface area (Å²) in [6.07, 6.45) is 2.91. The van der Waals surface area contributed by atoms with E-state index < -0.39 is 30.3 Å². The zero-order chi connectivity index (χ0) is 14.7. The van der Waals surface area contributed by atoms with Crippen molar-refractivity contribution in [3.8, 4) is 0 Å². The fourth-order valence-electron chi connectivity index (χ4n) is 2.97. The maximum Gasteiger partial charge on any atom is 0.326 e. The lowest BCUT2D eigenvalue weighted by Crippen LogP contribution is -2.52. The number of rotatable bonds is 2. The minimum Gasteiger partial charge on any atom is -0.480 e. The highest BCUT2D eigenvalue weighted by molar-refractivity contribution is 5.83. The first kappa shape index (κ1) is 15.1. The number of urea groups is 1. The highest BCUT2D eigenvalue weighted by Crippen LogP contribution is 2.21. The van der Waals surface area contributed by atoms with Gasteiger partial charge in [0.05, 0.1) is 18.2 Å². The van der Waals surface area contributed by atoms with Gasteiger partial charge in [0, 0.05) is 13.0 Å². The zero-order valence-corrected chi connectivity index (χ0v) is 11.4. The largest absolute Gasteiger partial charge is 0.480 e. The molecule has 0 aromatic rings. The highest BCUT2D eigenvalue weighted by Gasteiger charge is 2.39. The number of aliphatic hydroxyl groups excluding tert-OH is 2. The topological polar surface area (TPSA) is 110 Å². The molecule has 4 atom stereocenters. The lowest BCUT2D eigenvalue weighted by atomic mass is 10.1.